The smallest absolute Gasteiger partial charge is 0.252 e. The molecule has 2 heterocycles. The van der Waals surface area contributed by atoms with Crippen molar-refractivity contribution in [2.24, 2.45) is 5.92 Å². The second-order valence-electron chi connectivity index (χ2n) is 6.65. The van der Waals surface area contributed by atoms with E-state index in [1.807, 2.05) is 0 Å². The summed E-state index contributed by atoms with van der Waals surface area (Å²) in [4.78, 5) is 26.1. The first-order valence-electron chi connectivity index (χ1n) is 9.01. The highest BCUT2D eigenvalue weighted by molar-refractivity contribution is 9.11. The molecule has 1 aromatic heterocycles. The van der Waals surface area contributed by atoms with Gasteiger partial charge >= 0.3 is 0 Å². The summed E-state index contributed by atoms with van der Waals surface area (Å²) in [7, 11) is -0.447. The molecule has 1 aromatic rings. The van der Waals surface area contributed by atoms with Crippen LogP contribution < -0.4 is 5.32 Å². The summed E-state index contributed by atoms with van der Waals surface area (Å²) in [6.07, 6.45) is 1.92. The number of piperidine rings is 1. The topological polar surface area (TPSA) is 96.0 Å². The maximum absolute atomic E-state index is 12.8. The summed E-state index contributed by atoms with van der Waals surface area (Å²) in [6, 6.07) is 3.26. The van der Waals surface area contributed by atoms with Gasteiger partial charge in [0.2, 0.25) is 11.8 Å². The average molecular weight is 496 g/mol. The largest absolute Gasteiger partial charge is 0.385 e. The Balaban J connectivity index is 1.92. The minimum absolute atomic E-state index is 0.0487. The van der Waals surface area contributed by atoms with Gasteiger partial charge < -0.3 is 15.0 Å². The van der Waals surface area contributed by atoms with Crippen LogP contribution in [0.2, 0.25) is 0 Å². The van der Waals surface area contributed by atoms with Gasteiger partial charge in [0.1, 0.15) is 4.21 Å². The Morgan fingerprint density at radius 1 is 1.43 bits per heavy atom. The van der Waals surface area contributed by atoms with E-state index in [9.17, 15) is 18.0 Å². The molecule has 0 saturated carbocycles. The van der Waals surface area contributed by atoms with E-state index in [2.05, 4.69) is 21.2 Å². The molecule has 1 aliphatic rings. The van der Waals surface area contributed by atoms with Gasteiger partial charge in [0.25, 0.3) is 10.0 Å². The van der Waals surface area contributed by atoms with Crippen LogP contribution in [0.5, 0.6) is 0 Å². The van der Waals surface area contributed by atoms with Crippen LogP contribution in [-0.4, -0.2) is 76.4 Å². The van der Waals surface area contributed by atoms with Gasteiger partial charge in [-0.3, -0.25) is 9.59 Å². The number of hydrogen-bond donors (Lipinski definition) is 1. The molecule has 2 rings (SSSR count). The van der Waals surface area contributed by atoms with Gasteiger partial charge in [-0.1, -0.05) is 0 Å². The number of thiophene rings is 1. The number of rotatable bonds is 9. The van der Waals surface area contributed by atoms with Crippen LogP contribution in [0.4, 0.5) is 0 Å². The molecule has 1 saturated heterocycles. The number of methoxy groups -OCH3 is 1. The monoisotopic (exact) mass is 495 g/mol. The maximum atomic E-state index is 12.8. The standard InChI is InChI=1S/C17H26BrN3O5S2/c1-20(12-15(22)19-8-4-10-26-2)17(23)13-5-3-9-21(11-13)28(24,25)16-7-6-14(18)27-16/h6-7,13H,3-5,8-12H2,1-2H3,(H,19,22). The molecule has 0 aromatic carbocycles. The number of carbonyl (C=O) groups is 2. The van der Waals surface area contributed by atoms with Crippen molar-refractivity contribution >= 4 is 49.1 Å². The number of hydrogen-bond acceptors (Lipinski definition) is 6. The Hall–Kier alpha value is -1.01. The Bertz CT molecular complexity index is 784. The van der Waals surface area contributed by atoms with E-state index in [4.69, 9.17) is 4.74 Å². The molecule has 158 valence electrons. The molecule has 11 heteroatoms. The lowest BCUT2D eigenvalue weighted by atomic mass is 9.98. The van der Waals surface area contributed by atoms with Crippen molar-refractivity contribution in [1.29, 1.82) is 0 Å². The summed E-state index contributed by atoms with van der Waals surface area (Å²) >= 11 is 4.44. The van der Waals surface area contributed by atoms with Crippen LogP contribution in [0.3, 0.4) is 0 Å². The van der Waals surface area contributed by atoms with Crippen LogP contribution in [0.1, 0.15) is 19.3 Å². The van der Waals surface area contributed by atoms with Crippen molar-refractivity contribution in [2.75, 3.05) is 46.9 Å². The summed E-state index contributed by atoms with van der Waals surface area (Å²) in [5.41, 5.74) is 0. The minimum atomic E-state index is -3.61. The quantitative estimate of drug-likeness (QED) is 0.523. The van der Waals surface area contributed by atoms with Crippen LogP contribution in [0, 0.1) is 5.92 Å². The maximum Gasteiger partial charge on any atom is 0.252 e. The molecular weight excluding hydrogens is 470 g/mol. The number of amides is 2. The zero-order chi connectivity index (χ0) is 20.7. The molecular formula is C17H26BrN3O5S2. The fraction of sp³-hybridized carbons (Fsp3) is 0.647. The highest BCUT2D eigenvalue weighted by Gasteiger charge is 2.35. The Kier molecular flexibility index (Phi) is 8.87. The molecule has 1 N–H and O–H groups in total. The lowest BCUT2D eigenvalue weighted by molar-refractivity contribution is -0.139. The molecule has 0 bridgehead atoms. The second-order valence-corrected chi connectivity index (χ2v) is 11.3. The van der Waals surface area contributed by atoms with Crippen molar-refractivity contribution < 1.29 is 22.7 Å². The van der Waals surface area contributed by atoms with Gasteiger partial charge in [-0.15, -0.1) is 11.3 Å². The van der Waals surface area contributed by atoms with E-state index in [1.165, 1.54) is 9.21 Å². The molecule has 1 atom stereocenters. The predicted molar refractivity (Wildman–Crippen MR) is 111 cm³/mol. The third-order valence-corrected chi connectivity index (χ3v) is 8.44. The van der Waals surface area contributed by atoms with E-state index >= 15 is 0 Å². The average Bonchev–Trinajstić information content (AvgIpc) is 3.12. The van der Waals surface area contributed by atoms with E-state index in [0.717, 1.165) is 15.1 Å². The Morgan fingerprint density at radius 3 is 2.82 bits per heavy atom. The molecule has 1 aliphatic heterocycles. The first kappa shape index (κ1) is 23.3. The summed E-state index contributed by atoms with van der Waals surface area (Å²) in [5, 5.41) is 2.74. The number of halogens is 1. The minimum Gasteiger partial charge on any atom is -0.385 e. The molecule has 1 unspecified atom stereocenters. The van der Waals surface area contributed by atoms with Gasteiger partial charge in [-0.25, -0.2) is 8.42 Å². The SMILES string of the molecule is COCCCNC(=O)CN(C)C(=O)C1CCCN(S(=O)(=O)c2ccc(Br)s2)C1. The number of ether oxygens (including phenoxy) is 1. The fourth-order valence-corrected chi connectivity index (χ4v) is 6.72. The van der Waals surface area contributed by atoms with Crippen LogP contribution in [0.25, 0.3) is 0 Å². The first-order valence-corrected chi connectivity index (χ1v) is 12.1. The van der Waals surface area contributed by atoms with Crippen molar-refractivity contribution in [2.45, 2.75) is 23.5 Å². The van der Waals surface area contributed by atoms with Crippen LogP contribution >= 0.6 is 27.3 Å². The molecule has 2 amide bonds. The van der Waals surface area contributed by atoms with E-state index < -0.39 is 15.9 Å². The summed E-state index contributed by atoms with van der Waals surface area (Å²) in [5.74, 6) is -0.895. The molecule has 1 fully saturated rings. The van der Waals surface area contributed by atoms with Gasteiger partial charge in [-0.05, 0) is 47.3 Å². The molecule has 0 radical (unpaired) electrons. The summed E-state index contributed by atoms with van der Waals surface area (Å²) < 4.78 is 32.9. The third-order valence-electron chi connectivity index (χ3n) is 4.48. The zero-order valence-electron chi connectivity index (χ0n) is 16.0. The van der Waals surface area contributed by atoms with Gasteiger partial charge in [0.15, 0.2) is 0 Å². The Morgan fingerprint density at radius 2 is 2.18 bits per heavy atom. The third kappa shape index (κ3) is 6.24. The van der Waals surface area contributed by atoms with E-state index in [1.54, 1.807) is 26.3 Å². The lowest BCUT2D eigenvalue weighted by Gasteiger charge is -2.32. The zero-order valence-corrected chi connectivity index (χ0v) is 19.2. The number of sulfonamides is 1. The highest BCUT2D eigenvalue weighted by Crippen LogP contribution is 2.31. The van der Waals surface area contributed by atoms with Gasteiger partial charge in [0, 0.05) is 40.4 Å². The molecule has 0 spiro atoms. The van der Waals surface area contributed by atoms with E-state index in [0.29, 0.717) is 39.0 Å². The molecule has 0 aliphatic carbocycles. The Labute approximate surface area is 178 Å². The predicted octanol–water partition coefficient (Wildman–Crippen LogP) is 1.52. The normalized spacial score (nSPS) is 18.0. The second kappa shape index (κ2) is 10.7. The lowest BCUT2D eigenvalue weighted by Crippen LogP contribution is -2.47. The number of likely N-dealkylation sites (N-methyl/N-ethyl adjacent to an activating group) is 1. The van der Waals surface area contributed by atoms with Crippen molar-refractivity contribution in [3.8, 4) is 0 Å². The number of nitrogens with one attached hydrogen (secondary N) is 1. The van der Waals surface area contributed by atoms with Crippen molar-refractivity contribution in [1.82, 2.24) is 14.5 Å². The van der Waals surface area contributed by atoms with Crippen LogP contribution in [-0.2, 0) is 24.3 Å². The molecule has 8 nitrogen and oxygen atoms in total. The van der Waals surface area contributed by atoms with Gasteiger partial charge in [-0.2, -0.15) is 4.31 Å². The molecule has 28 heavy (non-hydrogen) atoms. The van der Waals surface area contributed by atoms with Crippen molar-refractivity contribution in [3.63, 3.8) is 0 Å². The van der Waals surface area contributed by atoms with Crippen LogP contribution in [0.15, 0.2) is 20.1 Å². The number of nitrogens with zero attached hydrogens (tertiary/aromatic N) is 2. The summed E-state index contributed by atoms with van der Waals surface area (Å²) in [6.45, 7) is 1.53. The van der Waals surface area contributed by atoms with E-state index in [-0.39, 0.29) is 29.1 Å². The first-order chi connectivity index (χ1) is 13.3. The number of carbonyl (C=O) groups excluding carboxylic acids is 2. The van der Waals surface area contributed by atoms with Crippen molar-refractivity contribution in [3.05, 3.63) is 15.9 Å². The van der Waals surface area contributed by atoms with Gasteiger partial charge in [0.05, 0.1) is 16.2 Å². The fourth-order valence-electron chi connectivity index (χ4n) is 3.03. The highest BCUT2D eigenvalue weighted by atomic mass is 79.9.